The maximum atomic E-state index is 4.55. The zero-order valence-corrected chi connectivity index (χ0v) is 12.2. The van der Waals surface area contributed by atoms with Crippen LogP contribution in [0.5, 0.6) is 0 Å². The third kappa shape index (κ3) is 3.18. The zero-order chi connectivity index (χ0) is 13.2. The predicted molar refractivity (Wildman–Crippen MR) is 77.0 cm³/mol. The van der Waals surface area contributed by atoms with Crippen molar-refractivity contribution in [2.24, 2.45) is 7.05 Å². The van der Waals surface area contributed by atoms with Crippen molar-refractivity contribution >= 4 is 0 Å². The van der Waals surface area contributed by atoms with Crippen molar-refractivity contribution in [3.8, 4) is 0 Å². The molecule has 1 atom stereocenters. The van der Waals surface area contributed by atoms with Gasteiger partial charge in [0.15, 0.2) is 0 Å². The van der Waals surface area contributed by atoms with Gasteiger partial charge in [0.2, 0.25) is 0 Å². The first-order valence-electron chi connectivity index (χ1n) is 7.75. The second-order valence-corrected chi connectivity index (χ2v) is 6.05. The fourth-order valence-corrected chi connectivity index (χ4v) is 3.02. The van der Waals surface area contributed by atoms with Crippen molar-refractivity contribution in [3.05, 3.63) is 17.5 Å². The van der Waals surface area contributed by atoms with E-state index >= 15 is 0 Å². The summed E-state index contributed by atoms with van der Waals surface area (Å²) in [5, 5.41) is 8.24. The molecule has 19 heavy (non-hydrogen) atoms. The molecule has 3 rings (SSSR count). The number of hydrogen-bond acceptors (Lipinski definition) is 3. The first kappa shape index (κ1) is 13.1. The zero-order valence-electron chi connectivity index (χ0n) is 12.2. The van der Waals surface area contributed by atoms with Crippen molar-refractivity contribution in [1.82, 2.24) is 20.0 Å². The Balaban J connectivity index is 1.58. The van der Waals surface area contributed by atoms with Gasteiger partial charge < -0.3 is 5.32 Å². The molecule has 0 aromatic carbocycles. The summed E-state index contributed by atoms with van der Waals surface area (Å²) in [6.45, 7) is 5.64. The standard InChI is InChI=1S/C15H26N4/c1-3-12-9-15(18(2)17-12)11-19-8-4-5-14(19)10-16-13-6-7-13/h9,13-14,16H,3-8,10-11H2,1-2H3. The fraction of sp³-hybridized carbons (Fsp3) is 0.800. The summed E-state index contributed by atoms with van der Waals surface area (Å²) in [4.78, 5) is 2.63. The molecule has 4 nitrogen and oxygen atoms in total. The normalized spacial score (nSPS) is 24.2. The number of likely N-dealkylation sites (tertiary alicyclic amines) is 1. The van der Waals surface area contributed by atoms with Crippen LogP contribution in [0.15, 0.2) is 6.07 Å². The minimum absolute atomic E-state index is 0.723. The van der Waals surface area contributed by atoms with Crippen LogP contribution < -0.4 is 5.32 Å². The highest BCUT2D eigenvalue weighted by molar-refractivity contribution is 5.10. The van der Waals surface area contributed by atoms with Gasteiger partial charge in [-0.15, -0.1) is 0 Å². The van der Waals surface area contributed by atoms with Crippen LogP contribution in [0.4, 0.5) is 0 Å². The lowest BCUT2D eigenvalue weighted by Crippen LogP contribution is -2.38. The van der Waals surface area contributed by atoms with Crippen molar-refractivity contribution < 1.29 is 0 Å². The topological polar surface area (TPSA) is 33.1 Å². The van der Waals surface area contributed by atoms with Crippen LogP contribution in [-0.2, 0) is 20.0 Å². The van der Waals surface area contributed by atoms with Gasteiger partial charge in [-0.25, -0.2) is 0 Å². The molecule has 0 amide bonds. The van der Waals surface area contributed by atoms with Crippen molar-refractivity contribution in [1.29, 1.82) is 0 Å². The van der Waals surface area contributed by atoms with Crippen LogP contribution in [0.2, 0.25) is 0 Å². The van der Waals surface area contributed by atoms with E-state index in [4.69, 9.17) is 0 Å². The molecule has 1 aromatic heterocycles. The van der Waals surface area contributed by atoms with Crippen LogP contribution in [0.1, 0.15) is 44.0 Å². The highest BCUT2D eigenvalue weighted by atomic mass is 15.3. The average molecular weight is 262 g/mol. The van der Waals surface area contributed by atoms with Gasteiger partial charge in [-0.3, -0.25) is 9.58 Å². The molecule has 4 heteroatoms. The van der Waals surface area contributed by atoms with Crippen molar-refractivity contribution in [2.45, 2.75) is 57.7 Å². The number of aryl methyl sites for hydroxylation is 2. The smallest absolute Gasteiger partial charge is 0.0625 e. The van der Waals surface area contributed by atoms with E-state index in [-0.39, 0.29) is 0 Å². The molecule has 0 bridgehead atoms. The van der Waals surface area contributed by atoms with Gasteiger partial charge in [-0.05, 0) is 44.7 Å². The summed E-state index contributed by atoms with van der Waals surface area (Å²) in [7, 11) is 2.07. The Kier molecular flexibility index (Phi) is 3.89. The average Bonchev–Trinajstić information content (AvgIpc) is 3.03. The lowest BCUT2D eigenvalue weighted by atomic mass is 10.2. The molecule has 1 unspecified atom stereocenters. The summed E-state index contributed by atoms with van der Waals surface area (Å²) in [5.74, 6) is 0. The Morgan fingerprint density at radius 2 is 2.21 bits per heavy atom. The number of nitrogens with zero attached hydrogens (tertiary/aromatic N) is 3. The molecule has 0 radical (unpaired) electrons. The Morgan fingerprint density at radius 3 is 2.89 bits per heavy atom. The van der Waals surface area contributed by atoms with E-state index in [1.54, 1.807) is 0 Å². The molecule has 0 spiro atoms. The maximum absolute atomic E-state index is 4.55. The van der Waals surface area contributed by atoms with Gasteiger partial charge in [-0.1, -0.05) is 6.92 Å². The highest BCUT2D eigenvalue weighted by Crippen LogP contribution is 2.23. The van der Waals surface area contributed by atoms with E-state index in [1.165, 1.54) is 50.2 Å². The van der Waals surface area contributed by atoms with E-state index < -0.39 is 0 Å². The van der Waals surface area contributed by atoms with E-state index in [0.29, 0.717) is 0 Å². The molecule has 2 fully saturated rings. The fourth-order valence-electron chi connectivity index (χ4n) is 3.02. The maximum Gasteiger partial charge on any atom is 0.0625 e. The van der Waals surface area contributed by atoms with Crippen LogP contribution in [0, 0.1) is 0 Å². The largest absolute Gasteiger partial charge is 0.312 e. The first-order chi connectivity index (χ1) is 9.26. The highest BCUT2D eigenvalue weighted by Gasteiger charge is 2.28. The van der Waals surface area contributed by atoms with E-state index in [9.17, 15) is 0 Å². The third-order valence-electron chi connectivity index (χ3n) is 4.47. The molecule has 2 heterocycles. The van der Waals surface area contributed by atoms with Gasteiger partial charge >= 0.3 is 0 Å². The van der Waals surface area contributed by atoms with Crippen molar-refractivity contribution in [3.63, 3.8) is 0 Å². The molecule has 1 N–H and O–H groups in total. The molecular formula is C15H26N4. The summed E-state index contributed by atoms with van der Waals surface area (Å²) < 4.78 is 2.06. The predicted octanol–water partition coefficient (Wildman–Crippen LogP) is 1.70. The molecule has 1 aromatic rings. The van der Waals surface area contributed by atoms with E-state index in [1.807, 2.05) is 0 Å². The van der Waals surface area contributed by atoms with E-state index in [0.717, 1.165) is 25.0 Å². The van der Waals surface area contributed by atoms with E-state index in [2.05, 4.69) is 40.0 Å². The van der Waals surface area contributed by atoms with Gasteiger partial charge in [0, 0.05) is 32.2 Å². The van der Waals surface area contributed by atoms with Crippen LogP contribution in [0.3, 0.4) is 0 Å². The quantitative estimate of drug-likeness (QED) is 0.847. The minimum atomic E-state index is 0.723. The second-order valence-electron chi connectivity index (χ2n) is 6.05. The van der Waals surface area contributed by atoms with Gasteiger partial charge in [0.05, 0.1) is 11.4 Å². The lowest BCUT2D eigenvalue weighted by Gasteiger charge is -2.24. The Labute approximate surface area is 116 Å². The van der Waals surface area contributed by atoms with Crippen LogP contribution >= 0.6 is 0 Å². The Bertz CT molecular complexity index is 422. The summed E-state index contributed by atoms with van der Waals surface area (Å²) >= 11 is 0. The SMILES string of the molecule is CCc1cc(CN2CCCC2CNC2CC2)n(C)n1. The summed E-state index contributed by atoms with van der Waals surface area (Å²) in [6.07, 6.45) is 6.48. The number of nitrogens with one attached hydrogen (secondary N) is 1. The molecule has 1 aliphatic carbocycles. The molecule has 2 aliphatic rings. The Morgan fingerprint density at radius 1 is 1.37 bits per heavy atom. The van der Waals surface area contributed by atoms with Crippen LogP contribution in [0.25, 0.3) is 0 Å². The summed E-state index contributed by atoms with van der Waals surface area (Å²) in [6, 6.07) is 3.82. The van der Waals surface area contributed by atoms with Gasteiger partial charge in [-0.2, -0.15) is 5.10 Å². The second kappa shape index (κ2) is 5.63. The number of rotatable bonds is 6. The number of hydrogen-bond donors (Lipinski definition) is 1. The first-order valence-corrected chi connectivity index (χ1v) is 7.75. The van der Waals surface area contributed by atoms with Gasteiger partial charge in [0.25, 0.3) is 0 Å². The van der Waals surface area contributed by atoms with Crippen molar-refractivity contribution in [2.75, 3.05) is 13.1 Å². The lowest BCUT2D eigenvalue weighted by molar-refractivity contribution is 0.233. The monoisotopic (exact) mass is 262 g/mol. The molecule has 1 saturated heterocycles. The molecular weight excluding hydrogens is 236 g/mol. The molecule has 1 saturated carbocycles. The Hall–Kier alpha value is -0.870. The molecule has 106 valence electrons. The summed E-state index contributed by atoms with van der Waals surface area (Å²) in [5.41, 5.74) is 2.57. The third-order valence-corrected chi connectivity index (χ3v) is 4.47. The minimum Gasteiger partial charge on any atom is -0.312 e. The van der Waals surface area contributed by atoms with Crippen LogP contribution in [-0.4, -0.2) is 39.9 Å². The molecule has 1 aliphatic heterocycles. The van der Waals surface area contributed by atoms with Gasteiger partial charge in [0.1, 0.15) is 0 Å². The number of aromatic nitrogens is 2.